The maximum absolute atomic E-state index is 5.91. The standard InChI is InChI=1S/C13H21NO/c1-4-9-15-13-8-6-5-7-12(13)10(2)11(3)14/h5-8,10-11H,4,9,14H2,1-3H3. The van der Waals surface area contributed by atoms with Crippen LogP contribution >= 0.6 is 0 Å². The number of rotatable bonds is 5. The van der Waals surface area contributed by atoms with E-state index < -0.39 is 0 Å². The normalized spacial score (nSPS) is 14.7. The first-order valence-corrected chi connectivity index (χ1v) is 5.64. The van der Waals surface area contributed by atoms with E-state index in [1.165, 1.54) is 5.56 Å². The van der Waals surface area contributed by atoms with E-state index in [9.17, 15) is 0 Å². The summed E-state index contributed by atoms with van der Waals surface area (Å²) in [6.07, 6.45) is 1.03. The molecular formula is C13H21NO. The van der Waals surface area contributed by atoms with Gasteiger partial charge in [0, 0.05) is 6.04 Å². The first-order chi connectivity index (χ1) is 7.16. The predicted molar refractivity (Wildman–Crippen MR) is 64.3 cm³/mol. The summed E-state index contributed by atoms with van der Waals surface area (Å²) in [5.41, 5.74) is 7.12. The van der Waals surface area contributed by atoms with Crippen molar-refractivity contribution >= 4 is 0 Å². The molecule has 0 aliphatic carbocycles. The van der Waals surface area contributed by atoms with Crippen LogP contribution in [0, 0.1) is 0 Å². The van der Waals surface area contributed by atoms with Gasteiger partial charge in [-0.3, -0.25) is 0 Å². The molecule has 0 aliphatic rings. The average Bonchev–Trinajstić information content (AvgIpc) is 2.25. The minimum atomic E-state index is 0.149. The van der Waals surface area contributed by atoms with Crippen molar-refractivity contribution in [3.8, 4) is 5.75 Å². The number of benzene rings is 1. The highest BCUT2D eigenvalue weighted by molar-refractivity contribution is 5.36. The summed E-state index contributed by atoms with van der Waals surface area (Å²) < 4.78 is 5.70. The van der Waals surface area contributed by atoms with Gasteiger partial charge in [-0.05, 0) is 30.9 Å². The van der Waals surface area contributed by atoms with Gasteiger partial charge in [0.15, 0.2) is 0 Å². The highest BCUT2D eigenvalue weighted by atomic mass is 16.5. The first-order valence-electron chi connectivity index (χ1n) is 5.64. The van der Waals surface area contributed by atoms with E-state index in [1.807, 2.05) is 25.1 Å². The third kappa shape index (κ3) is 3.24. The van der Waals surface area contributed by atoms with Gasteiger partial charge in [-0.1, -0.05) is 32.0 Å². The van der Waals surface area contributed by atoms with Gasteiger partial charge in [0.2, 0.25) is 0 Å². The minimum Gasteiger partial charge on any atom is -0.493 e. The lowest BCUT2D eigenvalue weighted by Crippen LogP contribution is -2.23. The Morgan fingerprint density at radius 1 is 1.27 bits per heavy atom. The Kier molecular flexibility index (Phi) is 4.63. The molecule has 0 bridgehead atoms. The molecule has 0 fully saturated rings. The van der Waals surface area contributed by atoms with Crippen LogP contribution in [0.2, 0.25) is 0 Å². The zero-order valence-corrected chi connectivity index (χ0v) is 9.86. The monoisotopic (exact) mass is 207 g/mol. The van der Waals surface area contributed by atoms with Crippen LogP contribution in [0.3, 0.4) is 0 Å². The second-order valence-corrected chi connectivity index (χ2v) is 4.03. The van der Waals surface area contributed by atoms with E-state index in [0.29, 0.717) is 5.92 Å². The molecular weight excluding hydrogens is 186 g/mol. The van der Waals surface area contributed by atoms with Gasteiger partial charge in [-0.25, -0.2) is 0 Å². The molecule has 0 saturated heterocycles. The third-order valence-corrected chi connectivity index (χ3v) is 2.66. The molecule has 2 N–H and O–H groups in total. The van der Waals surface area contributed by atoms with Crippen molar-refractivity contribution < 1.29 is 4.74 Å². The molecule has 1 aromatic rings. The van der Waals surface area contributed by atoms with Gasteiger partial charge in [-0.15, -0.1) is 0 Å². The molecule has 0 amide bonds. The van der Waals surface area contributed by atoms with Gasteiger partial charge in [-0.2, -0.15) is 0 Å². The molecule has 1 rings (SSSR count). The van der Waals surface area contributed by atoms with Gasteiger partial charge in [0.05, 0.1) is 6.61 Å². The maximum Gasteiger partial charge on any atom is 0.122 e. The number of hydrogen-bond acceptors (Lipinski definition) is 2. The van der Waals surface area contributed by atoms with Crippen LogP contribution in [0.15, 0.2) is 24.3 Å². The molecule has 2 heteroatoms. The summed E-state index contributed by atoms with van der Waals surface area (Å²) in [5, 5.41) is 0. The number of hydrogen-bond donors (Lipinski definition) is 1. The van der Waals surface area contributed by atoms with Crippen LogP contribution in [0.25, 0.3) is 0 Å². The van der Waals surface area contributed by atoms with Crippen molar-refractivity contribution in [1.29, 1.82) is 0 Å². The Morgan fingerprint density at radius 3 is 2.53 bits per heavy atom. The highest BCUT2D eigenvalue weighted by Crippen LogP contribution is 2.27. The van der Waals surface area contributed by atoms with Gasteiger partial charge in [0.25, 0.3) is 0 Å². The predicted octanol–water partition coefficient (Wildman–Crippen LogP) is 2.93. The number of para-hydroxylation sites is 1. The summed E-state index contributed by atoms with van der Waals surface area (Å²) in [6, 6.07) is 8.30. The van der Waals surface area contributed by atoms with Crippen molar-refractivity contribution in [2.24, 2.45) is 5.73 Å². The number of ether oxygens (including phenoxy) is 1. The third-order valence-electron chi connectivity index (χ3n) is 2.66. The molecule has 0 heterocycles. The van der Waals surface area contributed by atoms with Crippen molar-refractivity contribution in [2.75, 3.05) is 6.61 Å². The fourth-order valence-electron chi connectivity index (χ4n) is 1.48. The fraction of sp³-hybridized carbons (Fsp3) is 0.538. The summed E-state index contributed by atoms with van der Waals surface area (Å²) in [4.78, 5) is 0. The summed E-state index contributed by atoms with van der Waals surface area (Å²) in [6.45, 7) is 7.04. The molecule has 0 radical (unpaired) electrons. The Hall–Kier alpha value is -1.02. The lowest BCUT2D eigenvalue weighted by molar-refractivity contribution is 0.311. The minimum absolute atomic E-state index is 0.149. The molecule has 15 heavy (non-hydrogen) atoms. The molecule has 84 valence electrons. The largest absolute Gasteiger partial charge is 0.493 e. The van der Waals surface area contributed by atoms with Gasteiger partial charge >= 0.3 is 0 Å². The molecule has 2 unspecified atom stereocenters. The van der Waals surface area contributed by atoms with Crippen LogP contribution in [0.1, 0.15) is 38.7 Å². The summed E-state index contributed by atoms with van der Waals surface area (Å²) >= 11 is 0. The summed E-state index contributed by atoms with van der Waals surface area (Å²) in [5.74, 6) is 1.31. The second kappa shape index (κ2) is 5.76. The lowest BCUT2D eigenvalue weighted by Gasteiger charge is -2.19. The van der Waals surface area contributed by atoms with E-state index in [-0.39, 0.29) is 6.04 Å². The van der Waals surface area contributed by atoms with Crippen LogP contribution in [-0.2, 0) is 0 Å². The zero-order valence-electron chi connectivity index (χ0n) is 9.86. The van der Waals surface area contributed by atoms with E-state index in [2.05, 4.69) is 19.9 Å². The van der Waals surface area contributed by atoms with Crippen LogP contribution in [0.4, 0.5) is 0 Å². The maximum atomic E-state index is 5.91. The van der Waals surface area contributed by atoms with E-state index in [4.69, 9.17) is 10.5 Å². The SMILES string of the molecule is CCCOc1ccccc1C(C)C(C)N. The van der Waals surface area contributed by atoms with E-state index in [1.54, 1.807) is 0 Å². The Balaban J connectivity index is 2.85. The number of nitrogens with two attached hydrogens (primary N) is 1. The Bertz CT molecular complexity index is 296. The average molecular weight is 207 g/mol. The molecule has 2 atom stereocenters. The Morgan fingerprint density at radius 2 is 1.93 bits per heavy atom. The molecule has 0 spiro atoms. The summed E-state index contributed by atoms with van der Waals surface area (Å²) in [7, 11) is 0. The molecule has 0 saturated carbocycles. The van der Waals surface area contributed by atoms with Crippen molar-refractivity contribution in [2.45, 2.75) is 39.2 Å². The Labute approximate surface area is 92.4 Å². The smallest absolute Gasteiger partial charge is 0.122 e. The van der Waals surface area contributed by atoms with Gasteiger partial charge in [0.1, 0.15) is 5.75 Å². The van der Waals surface area contributed by atoms with Gasteiger partial charge < -0.3 is 10.5 Å². The zero-order chi connectivity index (χ0) is 11.3. The second-order valence-electron chi connectivity index (χ2n) is 4.03. The highest BCUT2D eigenvalue weighted by Gasteiger charge is 2.14. The van der Waals surface area contributed by atoms with E-state index >= 15 is 0 Å². The molecule has 1 aromatic carbocycles. The van der Waals surface area contributed by atoms with Crippen molar-refractivity contribution in [3.05, 3.63) is 29.8 Å². The van der Waals surface area contributed by atoms with Crippen molar-refractivity contribution in [1.82, 2.24) is 0 Å². The first kappa shape index (κ1) is 12.1. The van der Waals surface area contributed by atoms with E-state index in [0.717, 1.165) is 18.8 Å². The molecule has 2 nitrogen and oxygen atoms in total. The van der Waals surface area contributed by atoms with Crippen molar-refractivity contribution in [3.63, 3.8) is 0 Å². The molecule has 0 aromatic heterocycles. The van der Waals surface area contributed by atoms with Crippen LogP contribution < -0.4 is 10.5 Å². The quantitative estimate of drug-likeness (QED) is 0.805. The fourth-order valence-corrected chi connectivity index (χ4v) is 1.48. The topological polar surface area (TPSA) is 35.2 Å². The van der Waals surface area contributed by atoms with Crippen LogP contribution in [-0.4, -0.2) is 12.6 Å². The lowest BCUT2D eigenvalue weighted by atomic mass is 9.94. The van der Waals surface area contributed by atoms with Crippen LogP contribution in [0.5, 0.6) is 5.75 Å². The molecule has 0 aliphatic heterocycles.